The predicted molar refractivity (Wildman–Crippen MR) is 302 cm³/mol. The lowest BCUT2D eigenvalue weighted by Crippen LogP contribution is -2.30. The summed E-state index contributed by atoms with van der Waals surface area (Å²) in [5.74, 6) is -0.893. The fourth-order valence-corrected chi connectivity index (χ4v) is 8.42. The Kier molecular flexibility index (Phi) is 55.8. The normalized spacial score (nSPS) is 12.6. The van der Waals surface area contributed by atoms with Crippen molar-refractivity contribution < 1.29 is 28.6 Å². The van der Waals surface area contributed by atoms with Crippen molar-refractivity contribution in [2.45, 2.75) is 303 Å². The van der Waals surface area contributed by atoms with Gasteiger partial charge in [-0.3, -0.25) is 14.4 Å². The molecule has 0 saturated heterocycles. The van der Waals surface area contributed by atoms with Crippen molar-refractivity contribution in [2.75, 3.05) is 13.2 Å². The van der Waals surface area contributed by atoms with E-state index in [9.17, 15) is 14.4 Å². The van der Waals surface area contributed by atoms with Crippen molar-refractivity contribution in [2.24, 2.45) is 0 Å². The average Bonchev–Trinajstić information content (AvgIpc) is 3.36. The Morgan fingerprint density at radius 2 is 0.557 bits per heavy atom. The van der Waals surface area contributed by atoms with Crippen LogP contribution in [0.1, 0.15) is 297 Å². The van der Waals surface area contributed by atoms with E-state index in [1.54, 1.807) is 0 Å². The molecule has 70 heavy (non-hydrogen) atoms. The Hall–Kier alpha value is -3.15. The summed E-state index contributed by atoms with van der Waals surface area (Å²) in [4.78, 5) is 38.2. The maximum absolute atomic E-state index is 12.9. The lowest BCUT2D eigenvalue weighted by atomic mass is 10.1. The Balaban J connectivity index is 4.38. The van der Waals surface area contributed by atoms with Gasteiger partial charge < -0.3 is 14.2 Å². The van der Waals surface area contributed by atoms with Gasteiger partial charge in [-0.1, -0.05) is 241 Å². The van der Waals surface area contributed by atoms with Gasteiger partial charge in [-0.2, -0.15) is 0 Å². The minimum absolute atomic E-state index is 0.0829. The minimum atomic E-state index is -0.785. The highest BCUT2D eigenvalue weighted by molar-refractivity contribution is 5.71. The number of rotatable bonds is 54. The van der Waals surface area contributed by atoms with Crippen LogP contribution >= 0.6 is 0 Å². The molecule has 0 aromatic heterocycles. The van der Waals surface area contributed by atoms with Crippen molar-refractivity contribution in [1.29, 1.82) is 0 Å². The fourth-order valence-electron chi connectivity index (χ4n) is 8.42. The van der Waals surface area contributed by atoms with Gasteiger partial charge in [0.15, 0.2) is 6.10 Å². The van der Waals surface area contributed by atoms with Gasteiger partial charge in [0.05, 0.1) is 0 Å². The Bertz CT molecular complexity index is 1310. The molecule has 1 atom stereocenters. The molecule has 6 heteroatoms. The van der Waals surface area contributed by atoms with Crippen LogP contribution < -0.4 is 0 Å². The number of ether oxygens (including phenoxy) is 3. The summed E-state index contributed by atoms with van der Waals surface area (Å²) in [6, 6.07) is 0. The monoisotopic (exact) mass is 977 g/mol. The van der Waals surface area contributed by atoms with Crippen molar-refractivity contribution in [1.82, 2.24) is 0 Å². The highest BCUT2D eigenvalue weighted by atomic mass is 16.6. The second-order valence-corrected chi connectivity index (χ2v) is 19.9. The first kappa shape index (κ1) is 66.9. The van der Waals surface area contributed by atoms with Gasteiger partial charge in [0, 0.05) is 19.3 Å². The second kappa shape index (κ2) is 58.4. The van der Waals surface area contributed by atoms with E-state index < -0.39 is 6.10 Å². The second-order valence-electron chi connectivity index (χ2n) is 19.9. The lowest BCUT2D eigenvalue weighted by Gasteiger charge is -2.18. The van der Waals surface area contributed by atoms with E-state index in [0.29, 0.717) is 19.3 Å². The topological polar surface area (TPSA) is 78.9 Å². The molecule has 0 fully saturated rings. The van der Waals surface area contributed by atoms with E-state index in [1.165, 1.54) is 161 Å². The highest BCUT2D eigenvalue weighted by Crippen LogP contribution is 2.15. The quantitative estimate of drug-likeness (QED) is 0.0261. The van der Waals surface area contributed by atoms with Gasteiger partial charge >= 0.3 is 17.9 Å². The van der Waals surface area contributed by atoms with Crippen molar-refractivity contribution in [3.8, 4) is 0 Å². The molecular weight excluding hydrogens is 865 g/mol. The summed E-state index contributed by atoms with van der Waals surface area (Å²) >= 11 is 0. The largest absolute Gasteiger partial charge is 0.462 e. The first-order chi connectivity index (χ1) is 34.5. The Labute approximate surface area is 433 Å². The molecule has 0 aliphatic carbocycles. The van der Waals surface area contributed by atoms with Gasteiger partial charge in [0.1, 0.15) is 13.2 Å². The van der Waals surface area contributed by atoms with Crippen molar-refractivity contribution >= 4 is 17.9 Å². The van der Waals surface area contributed by atoms with Gasteiger partial charge in [-0.05, 0) is 109 Å². The molecule has 0 saturated carbocycles. The van der Waals surface area contributed by atoms with Gasteiger partial charge in [-0.15, -0.1) is 0 Å². The number of unbranched alkanes of at least 4 members (excludes halogenated alkanes) is 31. The molecule has 6 nitrogen and oxygen atoms in total. The third kappa shape index (κ3) is 55.8. The number of carbonyl (C=O) groups excluding carboxylic acids is 3. The summed E-state index contributed by atoms with van der Waals surface area (Å²) in [6.45, 7) is 6.52. The summed E-state index contributed by atoms with van der Waals surface area (Å²) < 4.78 is 16.9. The lowest BCUT2D eigenvalue weighted by molar-refractivity contribution is -0.167. The number of allylic oxidation sites excluding steroid dienone is 12. The first-order valence-corrected chi connectivity index (χ1v) is 29.9. The molecule has 0 amide bonds. The molecule has 0 radical (unpaired) electrons. The molecule has 0 spiro atoms. The SMILES string of the molecule is CC/C=C\C/C=C\C/C=C\C/C=C\CCCCCCCCCCC(=O)OCC(COC(=O)CCCCCCC/C=C\CCCCCCC)OC(=O)CCCCCCCCC/C=C\CCCCCCCC. The minimum Gasteiger partial charge on any atom is -0.462 e. The van der Waals surface area contributed by atoms with E-state index in [2.05, 4.69) is 93.7 Å². The van der Waals surface area contributed by atoms with E-state index in [-0.39, 0.29) is 31.1 Å². The van der Waals surface area contributed by atoms with E-state index in [1.807, 2.05) is 0 Å². The first-order valence-electron chi connectivity index (χ1n) is 29.9. The molecule has 0 aliphatic heterocycles. The van der Waals surface area contributed by atoms with Gasteiger partial charge in [0.2, 0.25) is 0 Å². The Morgan fingerprint density at radius 1 is 0.300 bits per heavy atom. The standard InChI is InChI=1S/C64H112O6/c1-4-7-10-13-16-19-22-25-28-30-31-32-33-35-36-39-42-45-48-51-54-57-63(66)69-60-61(59-68-62(65)56-53-50-47-44-41-38-27-24-21-18-15-12-9-6-3)70-64(67)58-55-52-49-46-43-40-37-34-29-26-23-20-17-14-11-8-5-2/h7,10,16,19,24-29,31-32,61H,4-6,8-9,11-15,17-18,20-23,30,33-60H2,1-3H3/b10-7-,19-16-,27-24-,28-25-,29-26-,32-31-. The Morgan fingerprint density at radius 3 is 0.886 bits per heavy atom. The molecule has 0 rings (SSSR count). The number of hydrogen-bond acceptors (Lipinski definition) is 6. The molecule has 0 aliphatic rings. The summed E-state index contributed by atoms with van der Waals surface area (Å²) in [6.07, 6.45) is 74.6. The number of carbonyl (C=O) groups is 3. The predicted octanol–water partition coefficient (Wildman–Crippen LogP) is 20.2. The zero-order chi connectivity index (χ0) is 50.7. The molecular formula is C64H112O6. The fraction of sp³-hybridized carbons (Fsp3) is 0.766. The maximum Gasteiger partial charge on any atom is 0.306 e. The molecule has 0 aromatic rings. The molecule has 0 N–H and O–H groups in total. The number of hydrogen-bond donors (Lipinski definition) is 0. The van der Waals surface area contributed by atoms with Crippen LogP contribution in [0.3, 0.4) is 0 Å². The zero-order valence-electron chi connectivity index (χ0n) is 46.3. The van der Waals surface area contributed by atoms with Crippen LogP contribution in [0.4, 0.5) is 0 Å². The molecule has 0 heterocycles. The molecule has 404 valence electrons. The average molecular weight is 978 g/mol. The maximum atomic E-state index is 12.9. The van der Waals surface area contributed by atoms with Gasteiger partial charge in [-0.25, -0.2) is 0 Å². The summed E-state index contributed by atoms with van der Waals surface area (Å²) in [7, 11) is 0. The third-order valence-electron chi connectivity index (χ3n) is 12.9. The summed E-state index contributed by atoms with van der Waals surface area (Å²) in [5, 5.41) is 0. The van der Waals surface area contributed by atoms with Crippen LogP contribution in [-0.4, -0.2) is 37.2 Å². The van der Waals surface area contributed by atoms with Crippen LogP contribution in [0.25, 0.3) is 0 Å². The van der Waals surface area contributed by atoms with Crippen molar-refractivity contribution in [3.63, 3.8) is 0 Å². The third-order valence-corrected chi connectivity index (χ3v) is 12.9. The number of esters is 3. The molecule has 1 unspecified atom stereocenters. The smallest absolute Gasteiger partial charge is 0.306 e. The zero-order valence-corrected chi connectivity index (χ0v) is 46.3. The van der Waals surface area contributed by atoms with Gasteiger partial charge in [0.25, 0.3) is 0 Å². The van der Waals surface area contributed by atoms with E-state index >= 15 is 0 Å². The van der Waals surface area contributed by atoms with E-state index in [4.69, 9.17) is 14.2 Å². The van der Waals surface area contributed by atoms with Crippen LogP contribution in [0.5, 0.6) is 0 Å². The van der Waals surface area contributed by atoms with Crippen LogP contribution in [0.15, 0.2) is 72.9 Å². The summed E-state index contributed by atoms with van der Waals surface area (Å²) in [5.41, 5.74) is 0. The van der Waals surface area contributed by atoms with Crippen molar-refractivity contribution in [3.05, 3.63) is 72.9 Å². The highest BCUT2D eigenvalue weighted by Gasteiger charge is 2.19. The molecule has 0 aromatic carbocycles. The van der Waals surface area contributed by atoms with Crippen LogP contribution in [-0.2, 0) is 28.6 Å². The molecule has 0 bridgehead atoms. The van der Waals surface area contributed by atoms with Crippen LogP contribution in [0.2, 0.25) is 0 Å². The van der Waals surface area contributed by atoms with Crippen LogP contribution in [0, 0.1) is 0 Å². The van der Waals surface area contributed by atoms with E-state index in [0.717, 1.165) is 96.3 Å².